The molecule has 2 heteroatoms. The average molecular weight is 183 g/mol. The zero-order valence-electron chi connectivity index (χ0n) is 8.83. The van der Waals surface area contributed by atoms with Gasteiger partial charge in [0.2, 0.25) is 0 Å². The highest BCUT2D eigenvalue weighted by Gasteiger charge is 2.32. The normalized spacial score (nSPS) is 37.4. The quantitative estimate of drug-likeness (QED) is 0.648. The van der Waals surface area contributed by atoms with Crippen LogP contribution in [0.3, 0.4) is 0 Å². The Bertz CT molecular complexity index is 157. The van der Waals surface area contributed by atoms with Gasteiger partial charge in [0.15, 0.2) is 0 Å². The van der Waals surface area contributed by atoms with Crippen molar-refractivity contribution in [2.75, 3.05) is 20.2 Å². The predicted molar refractivity (Wildman–Crippen MR) is 53.8 cm³/mol. The zero-order valence-corrected chi connectivity index (χ0v) is 8.83. The van der Waals surface area contributed by atoms with E-state index >= 15 is 0 Å². The van der Waals surface area contributed by atoms with E-state index in [0.717, 1.165) is 12.0 Å². The summed E-state index contributed by atoms with van der Waals surface area (Å²) in [5.41, 5.74) is 0. The second-order valence-electron chi connectivity index (χ2n) is 4.70. The van der Waals surface area contributed by atoms with E-state index in [-0.39, 0.29) is 0 Å². The smallest absolute Gasteiger partial charge is 0.0595 e. The van der Waals surface area contributed by atoms with E-state index in [4.69, 9.17) is 4.74 Å². The molecule has 0 aromatic carbocycles. The van der Waals surface area contributed by atoms with E-state index < -0.39 is 0 Å². The minimum absolute atomic E-state index is 0.536. The zero-order chi connectivity index (χ0) is 9.26. The maximum Gasteiger partial charge on any atom is 0.0595 e. The Balaban J connectivity index is 1.72. The van der Waals surface area contributed by atoms with Gasteiger partial charge in [-0.25, -0.2) is 0 Å². The fraction of sp³-hybridized carbons (Fsp3) is 1.00. The molecule has 2 aliphatic rings. The molecule has 1 heterocycles. The largest absolute Gasteiger partial charge is 0.381 e. The molecule has 76 valence electrons. The number of likely N-dealkylation sites (tertiary alicyclic amines) is 1. The maximum atomic E-state index is 5.37. The molecule has 0 bridgehead atoms. The Hall–Kier alpha value is -0.0800. The molecule has 1 saturated carbocycles. The van der Waals surface area contributed by atoms with Crippen LogP contribution in [-0.2, 0) is 4.74 Å². The lowest BCUT2D eigenvalue weighted by molar-refractivity contribution is 0.00157. The highest BCUT2D eigenvalue weighted by molar-refractivity contribution is 4.87. The van der Waals surface area contributed by atoms with Gasteiger partial charge in [-0.15, -0.1) is 0 Å². The van der Waals surface area contributed by atoms with Crippen molar-refractivity contribution in [1.29, 1.82) is 0 Å². The summed E-state index contributed by atoms with van der Waals surface area (Å²) in [5.74, 6) is 0.977. The fourth-order valence-corrected chi connectivity index (χ4v) is 2.63. The van der Waals surface area contributed by atoms with Crippen LogP contribution in [0.15, 0.2) is 0 Å². The molecule has 0 N–H and O–H groups in total. The summed E-state index contributed by atoms with van der Waals surface area (Å²) in [6.45, 7) is 4.88. The molecule has 0 amide bonds. The van der Waals surface area contributed by atoms with Crippen LogP contribution in [0.4, 0.5) is 0 Å². The summed E-state index contributed by atoms with van der Waals surface area (Å²) in [4.78, 5) is 2.66. The van der Waals surface area contributed by atoms with Gasteiger partial charge >= 0.3 is 0 Å². The maximum absolute atomic E-state index is 5.37. The van der Waals surface area contributed by atoms with Crippen LogP contribution in [0.1, 0.15) is 32.6 Å². The summed E-state index contributed by atoms with van der Waals surface area (Å²) in [6, 6.07) is 0.910. The molecule has 0 aromatic heterocycles. The molecular formula is C11H21NO. The lowest BCUT2D eigenvalue weighted by Gasteiger charge is -2.44. The van der Waals surface area contributed by atoms with E-state index in [1.54, 1.807) is 0 Å². The van der Waals surface area contributed by atoms with Crippen LogP contribution in [-0.4, -0.2) is 37.2 Å². The lowest BCUT2D eigenvalue weighted by Crippen LogP contribution is -2.48. The van der Waals surface area contributed by atoms with Gasteiger partial charge in [-0.2, -0.15) is 0 Å². The molecule has 2 fully saturated rings. The van der Waals surface area contributed by atoms with Crippen molar-refractivity contribution in [3.63, 3.8) is 0 Å². The lowest BCUT2D eigenvalue weighted by atomic mass is 9.80. The number of methoxy groups -OCH3 is 1. The first kappa shape index (κ1) is 9.47. The SMILES string of the molecule is COC1CCN(C2CC(C)C2)CC1. The van der Waals surface area contributed by atoms with Crippen molar-refractivity contribution in [1.82, 2.24) is 4.90 Å². The van der Waals surface area contributed by atoms with E-state index in [1.807, 2.05) is 7.11 Å². The number of hydrogen-bond donors (Lipinski definition) is 0. The number of nitrogens with zero attached hydrogens (tertiary/aromatic N) is 1. The number of piperidine rings is 1. The molecule has 1 saturated heterocycles. The monoisotopic (exact) mass is 183 g/mol. The molecule has 0 radical (unpaired) electrons. The molecule has 1 aliphatic carbocycles. The Kier molecular flexibility index (Phi) is 2.89. The third-order valence-electron chi connectivity index (χ3n) is 3.68. The van der Waals surface area contributed by atoms with Crippen LogP contribution in [0.25, 0.3) is 0 Å². The fourth-order valence-electron chi connectivity index (χ4n) is 2.63. The predicted octanol–water partition coefficient (Wildman–Crippen LogP) is 1.90. The Morgan fingerprint density at radius 3 is 2.23 bits per heavy atom. The molecule has 2 nitrogen and oxygen atoms in total. The Labute approximate surface area is 81.3 Å². The molecule has 0 spiro atoms. The van der Waals surface area contributed by atoms with Crippen LogP contribution < -0.4 is 0 Å². The average Bonchev–Trinajstić information content (AvgIpc) is 2.13. The molecule has 0 unspecified atom stereocenters. The van der Waals surface area contributed by atoms with Gasteiger partial charge in [0.05, 0.1) is 6.10 Å². The summed E-state index contributed by atoms with van der Waals surface area (Å²) >= 11 is 0. The van der Waals surface area contributed by atoms with Gasteiger partial charge in [0.25, 0.3) is 0 Å². The van der Waals surface area contributed by atoms with E-state index in [9.17, 15) is 0 Å². The van der Waals surface area contributed by atoms with E-state index in [2.05, 4.69) is 11.8 Å². The Morgan fingerprint density at radius 1 is 1.15 bits per heavy atom. The van der Waals surface area contributed by atoms with Gasteiger partial charge in [-0.1, -0.05) is 6.92 Å². The molecular weight excluding hydrogens is 162 g/mol. The third-order valence-corrected chi connectivity index (χ3v) is 3.68. The second-order valence-corrected chi connectivity index (χ2v) is 4.70. The molecule has 2 rings (SSSR count). The van der Waals surface area contributed by atoms with Crippen molar-refractivity contribution in [3.05, 3.63) is 0 Å². The first-order chi connectivity index (χ1) is 6.29. The van der Waals surface area contributed by atoms with Crippen molar-refractivity contribution in [2.24, 2.45) is 5.92 Å². The van der Waals surface area contributed by atoms with Crippen molar-refractivity contribution < 1.29 is 4.74 Å². The summed E-state index contributed by atoms with van der Waals surface area (Å²) in [6.07, 6.45) is 5.87. The highest BCUT2D eigenvalue weighted by Crippen LogP contribution is 2.32. The minimum atomic E-state index is 0.536. The van der Waals surface area contributed by atoms with Crippen molar-refractivity contribution in [3.8, 4) is 0 Å². The molecule has 0 atom stereocenters. The van der Waals surface area contributed by atoms with Crippen molar-refractivity contribution >= 4 is 0 Å². The Morgan fingerprint density at radius 2 is 1.77 bits per heavy atom. The first-order valence-corrected chi connectivity index (χ1v) is 5.56. The molecule has 1 aliphatic heterocycles. The van der Waals surface area contributed by atoms with Crippen LogP contribution in [0, 0.1) is 5.92 Å². The van der Waals surface area contributed by atoms with Gasteiger partial charge in [-0.3, -0.25) is 0 Å². The van der Waals surface area contributed by atoms with Gasteiger partial charge in [0, 0.05) is 26.2 Å². The van der Waals surface area contributed by atoms with Crippen LogP contribution in [0.2, 0.25) is 0 Å². The molecule has 0 aromatic rings. The number of rotatable bonds is 2. The second kappa shape index (κ2) is 3.97. The summed E-state index contributed by atoms with van der Waals surface area (Å²) in [5, 5.41) is 0. The summed E-state index contributed by atoms with van der Waals surface area (Å²) in [7, 11) is 1.84. The van der Waals surface area contributed by atoms with Crippen LogP contribution in [0.5, 0.6) is 0 Å². The van der Waals surface area contributed by atoms with E-state index in [0.29, 0.717) is 6.10 Å². The first-order valence-electron chi connectivity index (χ1n) is 5.56. The topological polar surface area (TPSA) is 12.5 Å². The summed E-state index contributed by atoms with van der Waals surface area (Å²) < 4.78 is 5.37. The number of ether oxygens (including phenoxy) is 1. The van der Waals surface area contributed by atoms with Crippen LogP contribution >= 0.6 is 0 Å². The van der Waals surface area contributed by atoms with Crippen molar-refractivity contribution in [2.45, 2.75) is 44.8 Å². The van der Waals surface area contributed by atoms with Gasteiger partial charge < -0.3 is 9.64 Å². The van der Waals surface area contributed by atoms with E-state index in [1.165, 1.54) is 38.8 Å². The number of hydrogen-bond acceptors (Lipinski definition) is 2. The molecule has 13 heavy (non-hydrogen) atoms. The van der Waals surface area contributed by atoms with Gasteiger partial charge in [-0.05, 0) is 31.6 Å². The highest BCUT2D eigenvalue weighted by atomic mass is 16.5. The minimum Gasteiger partial charge on any atom is -0.381 e. The van der Waals surface area contributed by atoms with Gasteiger partial charge in [0.1, 0.15) is 0 Å². The standard InChI is InChI=1S/C11H21NO/c1-9-7-10(8-9)12-5-3-11(13-2)4-6-12/h9-11H,3-8H2,1-2H3. The third kappa shape index (κ3) is 2.05.